The van der Waals surface area contributed by atoms with Crippen molar-refractivity contribution in [3.8, 4) is 5.75 Å². The van der Waals surface area contributed by atoms with Gasteiger partial charge in [0.1, 0.15) is 23.9 Å². The molecule has 0 saturated heterocycles. The van der Waals surface area contributed by atoms with E-state index in [0.29, 0.717) is 27.9 Å². The molecule has 2 aromatic heterocycles. The first-order valence-electron chi connectivity index (χ1n) is 7.59. The van der Waals surface area contributed by atoms with Gasteiger partial charge in [-0.2, -0.15) is 5.10 Å². The van der Waals surface area contributed by atoms with Crippen LogP contribution in [-0.4, -0.2) is 20.8 Å². The Bertz CT molecular complexity index is 917. The summed E-state index contributed by atoms with van der Waals surface area (Å²) in [4.78, 5) is 12.5. The Morgan fingerprint density at radius 2 is 2.16 bits per heavy atom. The molecule has 7 nitrogen and oxygen atoms in total. The number of aromatic nitrogens is 3. The molecule has 0 aliphatic carbocycles. The molecule has 1 aromatic carbocycles. The molecule has 8 heteroatoms. The van der Waals surface area contributed by atoms with Crippen LogP contribution < -0.4 is 10.1 Å². The Morgan fingerprint density at radius 1 is 1.36 bits per heavy atom. The van der Waals surface area contributed by atoms with Gasteiger partial charge in [-0.1, -0.05) is 22.8 Å². The van der Waals surface area contributed by atoms with Crippen molar-refractivity contribution in [2.24, 2.45) is 7.05 Å². The molecule has 1 N–H and O–H groups in total. The van der Waals surface area contributed by atoms with E-state index in [-0.39, 0.29) is 18.2 Å². The Labute approximate surface area is 149 Å². The van der Waals surface area contributed by atoms with Crippen molar-refractivity contribution in [2.75, 3.05) is 5.32 Å². The summed E-state index contributed by atoms with van der Waals surface area (Å²) < 4.78 is 12.4. The molecule has 2 heterocycles. The van der Waals surface area contributed by atoms with Crippen LogP contribution in [-0.2, 0) is 13.7 Å². The molecule has 3 rings (SSSR count). The number of halogens is 1. The normalized spacial score (nSPS) is 10.7. The molecule has 25 heavy (non-hydrogen) atoms. The maximum Gasteiger partial charge on any atom is 0.279 e. The molecule has 0 saturated carbocycles. The van der Waals surface area contributed by atoms with Crippen LogP contribution in [0.5, 0.6) is 5.75 Å². The molecule has 1 amide bonds. The second-order valence-corrected chi connectivity index (χ2v) is 6.00. The minimum absolute atomic E-state index is 0.142. The van der Waals surface area contributed by atoms with Gasteiger partial charge in [0.05, 0.1) is 11.3 Å². The van der Waals surface area contributed by atoms with Gasteiger partial charge >= 0.3 is 0 Å². The average molecular weight is 361 g/mol. The van der Waals surface area contributed by atoms with Crippen molar-refractivity contribution in [1.29, 1.82) is 0 Å². The SMILES string of the molecule is Cc1cc(NC(=O)c2noc(C)c2COc2cccc(Cl)c2)n(C)n1. The highest BCUT2D eigenvalue weighted by molar-refractivity contribution is 6.30. The topological polar surface area (TPSA) is 82.2 Å². The average Bonchev–Trinajstić information content (AvgIpc) is 3.07. The number of hydrogen-bond acceptors (Lipinski definition) is 5. The van der Waals surface area contributed by atoms with Crippen LogP contribution in [0.3, 0.4) is 0 Å². The lowest BCUT2D eigenvalue weighted by molar-refractivity contribution is 0.101. The molecule has 130 valence electrons. The van der Waals surface area contributed by atoms with E-state index < -0.39 is 0 Å². The highest BCUT2D eigenvalue weighted by Gasteiger charge is 2.21. The van der Waals surface area contributed by atoms with Crippen LogP contribution in [0.2, 0.25) is 5.02 Å². The van der Waals surface area contributed by atoms with Crippen molar-refractivity contribution >= 4 is 23.3 Å². The van der Waals surface area contributed by atoms with Gasteiger partial charge in [-0.25, -0.2) is 0 Å². The standard InChI is InChI=1S/C17H17ClN4O3/c1-10-7-15(22(3)20-10)19-17(23)16-14(11(2)25-21-16)9-24-13-6-4-5-12(18)8-13/h4-8H,9H2,1-3H3,(H,19,23). The third-order valence-electron chi connectivity index (χ3n) is 3.62. The number of hydrogen-bond donors (Lipinski definition) is 1. The summed E-state index contributed by atoms with van der Waals surface area (Å²) in [7, 11) is 1.75. The molecule has 0 aliphatic rings. The molecule has 0 fully saturated rings. The lowest BCUT2D eigenvalue weighted by Crippen LogP contribution is -2.17. The van der Waals surface area contributed by atoms with Crippen molar-refractivity contribution in [1.82, 2.24) is 14.9 Å². The number of carbonyl (C=O) groups is 1. The third kappa shape index (κ3) is 3.83. The minimum Gasteiger partial charge on any atom is -0.489 e. The molecular formula is C17H17ClN4O3. The molecule has 0 radical (unpaired) electrons. The smallest absolute Gasteiger partial charge is 0.279 e. The zero-order valence-corrected chi connectivity index (χ0v) is 14.8. The maximum atomic E-state index is 12.5. The van der Waals surface area contributed by atoms with E-state index in [1.54, 1.807) is 49.0 Å². The number of nitrogens with one attached hydrogen (secondary N) is 1. The number of ether oxygens (including phenoxy) is 1. The summed E-state index contributed by atoms with van der Waals surface area (Å²) >= 11 is 5.94. The van der Waals surface area contributed by atoms with E-state index in [1.807, 2.05) is 6.92 Å². The van der Waals surface area contributed by atoms with Gasteiger partial charge in [0.25, 0.3) is 5.91 Å². The lowest BCUT2D eigenvalue weighted by Gasteiger charge is -2.07. The zero-order valence-electron chi connectivity index (χ0n) is 14.0. The summed E-state index contributed by atoms with van der Waals surface area (Å²) in [5, 5.41) is 11.4. The van der Waals surface area contributed by atoms with Gasteiger partial charge in [-0.05, 0) is 32.0 Å². The van der Waals surface area contributed by atoms with Crippen LogP contribution in [0.1, 0.15) is 27.5 Å². The van der Waals surface area contributed by atoms with Crippen LogP contribution in [0.15, 0.2) is 34.9 Å². The summed E-state index contributed by atoms with van der Waals surface area (Å²) in [6.45, 7) is 3.72. The monoisotopic (exact) mass is 360 g/mol. The zero-order chi connectivity index (χ0) is 18.0. The van der Waals surface area contributed by atoms with Gasteiger partial charge in [0, 0.05) is 18.1 Å². The Morgan fingerprint density at radius 3 is 2.84 bits per heavy atom. The number of amides is 1. The van der Waals surface area contributed by atoms with Gasteiger partial charge < -0.3 is 14.6 Å². The largest absolute Gasteiger partial charge is 0.489 e. The number of rotatable bonds is 5. The predicted octanol–water partition coefficient (Wildman–Crippen LogP) is 3.51. The number of nitrogens with zero attached hydrogens (tertiary/aromatic N) is 3. The first-order chi connectivity index (χ1) is 11.9. The summed E-state index contributed by atoms with van der Waals surface area (Å²) in [6.07, 6.45) is 0. The second kappa shape index (κ2) is 6.98. The van der Waals surface area contributed by atoms with E-state index in [1.165, 1.54) is 0 Å². The number of anilines is 1. The lowest BCUT2D eigenvalue weighted by atomic mass is 10.2. The Hall–Kier alpha value is -2.80. The van der Waals surface area contributed by atoms with Gasteiger partial charge in [-0.3, -0.25) is 9.48 Å². The van der Waals surface area contributed by atoms with E-state index in [2.05, 4.69) is 15.6 Å². The summed E-state index contributed by atoms with van der Waals surface area (Å²) in [6, 6.07) is 8.80. The van der Waals surface area contributed by atoms with Crippen LogP contribution in [0, 0.1) is 13.8 Å². The summed E-state index contributed by atoms with van der Waals surface area (Å²) in [5.41, 5.74) is 1.56. The fourth-order valence-corrected chi connectivity index (χ4v) is 2.54. The van der Waals surface area contributed by atoms with Crippen molar-refractivity contribution in [2.45, 2.75) is 20.5 Å². The van der Waals surface area contributed by atoms with Gasteiger partial charge in [0.2, 0.25) is 0 Å². The van der Waals surface area contributed by atoms with E-state index >= 15 is 0 Å². The maximum absolute atomic E-state index is 12.5. The number of carbonyl (C=O) groups excluding carboxylic acids is 1. The van der Waals surface area contributed by atoms with Crippen molar-refractivity contribution in [3.05, 3.63) is 58.1 Å². The van der Waals surface area contributed by atoms with E-state index in [0.717, 1.165) is 5.69 Å². The van der Waals surface area contributed by atoms with Crippen LogP contribution >= 0.6 is 11.6 Å². The Balaban J connectivity index is 1.76. The van der Waals surface area contributed by atoms with E-state index in [4.69, 9.17) is 20.9 Å². The fourth-order valence-electron chi connectivity index (χ4n) is 2.35. The van der Waals surface area contributed by atoms with Crippen LogP contribution in [0.4, 0.5) is 5.82 Å². The first-order valence-corrected chi connectivity index (χ1v) is 7.97. The number of aryl methyl sites for hydroxylation is 3. The highest BCUT2D eigenvalue weighted by atomic mass is 35.5. The predicted molar refractivity (Wildman–Crippen MR) is 92.9 cm³/mol. The first kappa shape index (κ1) is 17.0. The fraction of sp³-hybridized carbons (Fsp3) is 0.235. The minimum atomic E-state index is -0.385. The third-order valence-corrected chi connectivity index (χ3v) is 3.86. The second-order valence-electron chi connectivity index (χ2n) is 5.56. The molecule has 0 atom stereocenters. The van der Waals surface area contributed by atoms with Gasteiger partial charge in [-0.15, -0.1) is 0 Å². The molecule has 0 spiro atoms. The molecule has 0 aliphatic heterocycles. The quantitative estimate of drug-likeness (QED) is 0.752. The van der Waals surface area contributed by atoms with Crippen LogP contribution in [0.25, 0.3) is 0 Å². The molecule has 0 bridgehead atoms. The van der Waals surface area contributed by atoms with Gasteiger partial charge in [0.15, 0.2) is 5.69 Å². The highest BCUT2D eigenvalue weighted by Crippen LogP contribution is 2.21. The van der Waals surface area contributed by atoms with Crippen molar-refractivity contribution < 1.29 is 14.1 Å². The molecular weight excluding hydrogens is 344 g/mol. The van der Waals surface area contributed by atoms with E-state index in [9.17, 15) is 4.79 Å². The molecule has 3 aromatic rings. The number of benzene rings is 1. The molecule has 0 unspecified atom stereocenters. The van der Waals surface area contributed by atoms with Crippen molar-refractivity contribution in [3.63, 3.8) is 0 Å². The Kier molecular flexibility index (Phi) is 4.76. The summed E-state index contributed by atoms with van der Waals surface area (Å²) in [5.74, 6) is 1.31.